The second kappa shape index (κ2) is 13.9. The standard InChI is InChI=1S/C23H34N4OS.HI/c1-3-24-23(25-13-12-20-9-4-5-11-22(20)28-2)26-16-19-8-6-14-27(17-19)18-21-10-7-15-29-21;/h4-5,7,9-11,15,19H,3,6,8,12-14,16-18H2,1-2H3,(H2,24,25,26);1H. The number of aliphatic imine (C=N–C) groups is 1. The lowest BCUT2D eigenvalue weighted by atomic mass is 9.98. The summed E-state index contributed by atoms with van der Waals surface area (Å²) in [4.78, 5) is 8.92. The van der Waals surface area contributed by atoms with Gasteiger partial charge in [0.05, 0.1) is 7.11 Å². The number of methoxy groups -OCH3 is 1. The number of rotatable bonds is 9. The van der Waals surface area contributed by atoms with E-state index in [-0.39, 0.29) is 24.0 Å². The summed E-state index contributed by atoms with van der Waals surface area (Å²) >= 11 is 1.85. The van der Waals surface area contributed by atoms with Crippen LogP contribution >= 0.6 is 35.3 Å². The van der Waals surface area contributed by atoms with Crippen molar-refractivity contribution in [3.63, 3.8) is 0 Å². The molecule has 5 nitrogen and oxygen atoms in total. The van der Waals surface area contributed by atoms with Crippen molar-refractivity contribution in [1.29, 1.82) is 0 Å². The minimum absolute atomic E-state index is 0. The van der Waals surface area contributed by atoms with Crippen LogP contribution in [0.2, 0.25) is 0 Å². The van der Waals surface area contributed by atoms with Gasteiger partial charge >= 0.3 is 0 Å². The molecule has 0 saturated carbocycles. The predicted octanol–water partition coefficient (Wildman–Crippen LogP) is 4.38. The zero-order valence-electron chi connectivity index (χ0n) is 18.1. The summed E-state index contributed by atoms with van der Waals surface area (Å²) in [5.41, 5.74) is 1.22. The van der Waals surface area contributed by atoms with Gasteiger partial charge in [-0.3, -0.25) is 9.89 Å². The summed E-state index contributed by atoms with van der Waals surface area (Å²) < 4.78 is 5.45. The molecule has 2 N–H and O–H groups in total. The Hall–Kier alpha value is -1.32. The highest BCUT2D eigenvalue weighted by Crippen LogP contribution is 2.21. The molecule has 1 saturated heterocycles. The molecule has 2 aromatic rings. The lowest BCUT2D eigenvalue weighted by Gasteiger charge is -2.31. The van der Waals surface area contributed by atoms with Crippen molar-refractivity contribution in [2.24, 2.45) is 10.9 Å². The molecule has 0 bridgehead atoms. The fourth-order valence-electron chi connectivity index (χ4n) is 3.85. The molecule has 7 heteroatoms. The maximum absolute atomic E-state index is 5.45. The Labute approximate surface area is 202 Å². The number of benzene rings is 1. The largest absolute Gasteiger partial charge is 0.496 e. The summed E-state index contributed by atoms with van der Waals surface area (Å²) in [5.74, 6) is 2.50. The van der Waals surface area contributed by atoms with Crippen molar-refractivity contribution in [3.05, 3.63) is 52.2 Å². The van der Waals surface area contributed by atoms with E-state index in [1.807, 2.05) is 23.5 Å². The van der Waals surface area contributed by atoms with Gasteiger partial charge in [-0.1, -0.05) is 24.3 Å². The molecule has 0 aliphatic carbocycles. The summed E-state index contributed by atoms with van der Waals surface area (Å²) in [6.07, 6.45) is 3.45. The van der Waals surface area contributed by atoms with Gasteiger partial charge in [0.15, 0.2) is 5.96 Å². The molecule has 3 rings (SSSR count). The second-order valence-corrected chi connectivity index (χ2v) is 8.56. The molecule has 1 fully saturated rings. The van der Waals surface area contributed by atoms with Gasteiger partial charge in [0, 0.05) is 37.6 Å². The second-order valence-electron chi connectivity index (χ2n) is 7.53. The van der Waals surface area contributed by atoms with E-state index in [0.717, 1.165) is 50.9 Å². The minimum atomic E-state index is 0. The molecule has 166 valence electrons. The molecule has 2 heterocycles. The fraction of sp³-hybridized carbons (Fsp3) is 0.522. The van der Waals surface area contributed by atoms with Crippen molar-refractivity contribution in [2.75, 3.05) is 39.8 Å². The number of para-hydroxylation sites is 1. The van der Waals surface area contributed by atoms with Gasteiger partial charge in [0.1, 0.15) is 5.75 Å². The first kappa shape index (κ1) is 24.9. The number of guanidine groups is 1. The van der Waals surface area contributed by atoms with Crippen LogP contribution < -0.4 is 15.4 Å². The highest BCUT2D eigenvalue weighted by atomic mass is 127. The average Bonchev–Trinajstić information content (AvgIpc) is 3.25. The topological polar surface area (TPSA) is 48.9 Å². The van der Waals surface area contributed by atoms with Crippen molar-refractivity contribution in [3.8, 4) is 5.75 Å². The van der Waals surface area contributed by atoms with E-state index in [2.05, 4.69) is 52.1 Å². The SMILES string of the molecule is CCNC(=NCC1CCCN(Cc2cccs2)C1)NCCc1ccccc1OC.I. The van der Waals surface area contributed by atoms with Crippen molar-refractivity contribution < 1.29 is 4.74 Å². The van der Waals surface area contributed by atoms with E-state index in [4.69, 9.17) is 9.73 Å². The third-order valence-corrected chi connectivity index (χ3v) is 6.15. The van der Waals surface area contributed by atoms with Crippen LogP contribution in [0.3, 0.4) is 0 Å². The average molecular weight is 543 g/mol. The number of hydrogen-bond acceptors (Lipinski definition) is 4. The number of halogens is 1. The van der Waals surface area contributed by atoms with Crippen LogP contribution in [0.5, 0.6) is 5.75 Å². The van der Waals surface area contributed by atoms with Crippen LogP contribution in [-0.2, 0) is 13.0 Å². The molecular formula is C23H35IN4OS. The molecule has 1 aromatic heterocycles. The summed E-state index contributed by atoms with van der Waals surface area (Å²) in [5, 5.41) is 9.03. The molecule has 1 aromatic carbocycles. The molecular weight excluding hydrogens is 507 g/mol. The molecule has 0 radical (unpaired) electrons. The monoisotopic (exact) mass is 542 g/mol. The maximum Gasteiger partial charge on any atom is 0.191 e. The predicted molar refractivity (Wildman–Crippen MR) is 138 cm³/mol. The van der Waals surface area contributed by atoms with Crippen LogP contribution in [0.1, 0.15) is 30.2 Å². The molecule has 1 unspecified atom stereocenters. The summed E-state index contributed by atoms with van der Waals surface area (Å²) in [6.45, 7) is 8.12. The number of nitrogens with one attached hydrogen (secondary N) is 2. The first-order chi connectivity index (χ1) is 14.3. The lowest BCUT2D eigenvalue weighted by molar-refractivity contribution is 0.172. The number of ether oxygens (including phenoxy) is 1. The Kier molecular flexibility index (Phi) is 11.5. The Morgan fingerprint density at radius 3 is 2.87 bits per heavy atom. The van der Waals surface area contributed by atoms with Gasteiger partial charge in [-0.05, 0) is 61.7 Å². The Bertz CT molecular complexity index is 753. The maximum atomic E-state index is 5.45. The van der Waals surface area contributed by atoms with Crippen molar-refractivity contribution >= 4 is 41.3 Å². The minimum Gasteiger partial charge on any atom is -0.496 e. The molecule has 30 heavy (non-hydrogen) atoms. The number of likely N-dealkylation sites (tertiary alicyclic amines) is 1. The molecule has 1 aliphatic rings. The van der Waals surface area contributed by atoms with Crippen LogP contribution in [0.4, 0.5) is 0 Å². The van der Waals surface area contributed by atoms with E-state index in [1.54, 1.807) is 7.11 Å². The van der Waals surface area contributed by atoms with Crippen molar-refractivity contribution in [2.45, 2.75) is 32.7 Å². The molecule has 1 aliphatic heterocycles. The Morgan fingerprint density at radius 1 is 1.23 bits per heavy atom. The normalized spacial score (nSPS) is 17.3. The van der Waals surface area contributed by atoms with E-state index in [9.17, 15) is 0 Å². The number of thiophene rings is 1. The number of nitrogens with zero attached hydrogens (tertiary/aromatic N) is 2. The van der Waals surface area contributed by atoms with Gasteiger partial charge in [-0.25, -0.2) is 0 Å². The third kappa shape index (κ3) is 8.07. The first-order valence-corrected chi connectivity index (χ1v) is 11.5. The third-order valence-electron chi connectivity index (χ3n) is 5.29. The van der Waals surface area contributed by atoms with Gasteiger partial charge in [-0.2, -0.15) is 0 Å². The van der Waals surface area contributed by atoms with Gasteiger partial charge in [0.2, 0.25) is 0 Å². The highest BCUT2D eigenvalue weighted by molar-refractivity contribution is 14.0. The van der Waals surface area contributed by atoms with Crippen LogP contribution in [0.15, 0.2) is 46.8 Å². The van der Waals surface area contributed by atoms with E-state index < -0.39 is 0 Å². The molecule has 1 atom stereocenters. The Balaban J connectivity index is 0.00000320. The number of piperidine rings is 1. The smallest absolute Gasteiger partial charge is 0.191 e. The van der Waals surface area contributed by atoms with E-state index in [0.29, 0.717) is 5.92 Å². The highest BCUT2D eigenvalue weighted by Gasteiger charge is 2.20. The first-order valence-electron chi connectivity index (χ1n) is 10.7. The quantitative estimate of drug-likeness (QED) is 0.281. The van der Waals surface area contributed by atoms with Crippen LogP contribution in [-0.4, -0.2) is 50.7 Å². The number of hydrogen-bond donors (Lipinski definition) is 2. The lowest BCUT2D eigenvalue weighted by Crippen LogP contribution is -2.40. The van der Waals surface area contributed by atoms with E-state index >= 15 is 0 Å². The zero-order valence-corrected chi connectivity index (χ0v) is 21.2. The van der Waals surface area contributed by atoms with E-state index in [1.165, 1.54) is 29.8 Å². The van der Waals surface area contributed by atoms with Gasteiger partial charge in [0.25, 0.3) is 0 Å². The molecule has 0 spiro atoms. The Morgan fingerprint density at radius 2 is 2.10 bits per heavy atom. The fourth-order valence-corrected chi connectivity index (χ4v) is 4.60. The summed E-state index contributed by atoms with van der Waals surface area (Å²) in [7, 11) is 1.73. The van der Waals surface area contributed by atoms with Gasteiger partial charge < -0.3 is 15.4 Å². The van der Waals surface area contributed by atoms with Crippen molar-refractivity contribution in [1.82, 2.24) is 15.5 Å². The van der Waals surface area contributed by atoms with Crippen LogP contribution in [0, 0.1) is 5.92 Å². The van der Waals surface area contributed by atoms with Crippen LogP contribution in [0.25, 0.3) is 0 Å². The van der Waals surface area contributed by atoms with Gasteiger partial charge in [-0.15, -0.1) is 35.3 Å². The zero-order chi connectivity index (χ0) is 20.3. The summed E-state index contributed by atoms with van der Waals surface area (Å²) in [6, 6.07) is 12.6. The molecule has 0 amide bonds.